The first-order valence-electron chi connectivity index (χ1n) is 5.59. The average molecular weight is 225 g/mol. The van der Waals surface area contributed by atoms with Crippen LogP contribution in [-0.2, 0) is 5.41 Å². The number of aliphatic hydroxyl groups is 1. The Morgan fingerprint density at radius 2 is 2.13 bits per heavy atom. The highest BCUT2D eigenvalue weighted by Gasteiger charge is 2.36. The maximum atomic E-state index is 9.57. The summed E-state index contributed by atoms with van der Waals surface area (Å²) in [5.41, 5.74) is 8.89. The minimum Gasteiger partial charge on any atom is -0.393 e. The van der Waals surface area contributed by atoms with Gasteiger partial charge in [0.05, 0.1) is 6.10 Å². The van der Waals surface area contributed by atoms with Gasteiger partial charge in [-0.25, -0.2) is 0 Å². The number of hydrogen-bond acceptors (Lipinski definition) is 3. The molecule has 1 aromatic rings. The number of thiophene rings is 1. The largest absolute Gasteiger partial charge is 0.393 e. The zero-order valence-electron chi connectivity index (χ0n) is 9.20. The van der Waals surface area contributed by atoms with E-state index < -0.39 is 0 Å². The van der Waals surface area contributed by atoms with Crippen molar-refractivity contribution in [1.82, 2.24) is 0 Å². The van der Waals surface area contributed by atoms with E-state index in [1.54, 1.807) is 11.3 Å². The summed E-state index contributed by atoms with van der Waals surface area (Å²) in [5.74, 6) is 0. The van der Waals surface area contributed by atoms with Gasteiger partial charge in [-0.2, -0.15) is 11.3 Å². The predicted octanol–water partition coefficient (Wildman–Crippen LogP) is 2.19. The molecule has 1 saturated carbocycles. The van der Waals surface area contributed by atoms with Crippen LogP contribution in [0.25, 0.3) is 0 Å². The first kappa shape index (κ1) is 11.1. The summed E-state index contributed by atoms with van der Waals surface area (Å²) < 4.78 is 0. The second-order valence-electron chi connectivity index (χ2n) is 4.68. The molecule has 0 unspecified atom stereocenters. The molecular formula is C12H19NOS. The lowest BCUT2D eigenvalue weighted by atomic mass is 9.68. The van der Waals surface area contributed by atoms with Gasteiger partial charge >= 0.3 is 0 Å². The standard InChI is InChI=1S/C12H19NOS/c1-9-6-15-7-11(9)12(8-13)4-2-10(14)3-5-12/h6-7,10,14H,2-5,8,13H2,1H3. The third kappa shape index (κ3) is 1.96. The summed E-state index contributed by atoms with van der Waals surface area (Å²) in [4.78, 5) is 0. The van der Waals surface area contributed by atoms with E-state index in [0.29, 0.717) is 6.54 Å². The van der Waals surface area contributed by atoms with Gasteiger partial charge < -0.3 is 10.8 Å². The molecule has 84 valence electrons. The SMILES string of the molecule is Cc1cscc1C1(CN)CCC(O)CC1. The first-order valence-corrected chi connectivity index (χ1v) is 6.54. The summed E-state index contributed by atoms with van der Waals surface area (Å²) in [7, 11) is 0. The van der Waals surface area contributed by atoms with Gasteiger partial charge in [-0.15, -0.1) is 0 Å². The fourth-order valence-corrected chi connectivity index (χ4v) is 3.61. The molecular weight excluding hydrogens is 206 g/mol. The van der Waals surface area contributed by atoms with Gasteiger partial charge in [0.15, 0.2) is 0 Å². The third-order valence-electron chi connectivity index (χ3n) is 3.73. The van der Waals surface area contributed by atoms with Gasteiger partial charge in [0.2, 0.25) is 0 Å². The van der Waals surface area contributed by atoms with Crippen LogP contribution in [0.2, 0.25) is 0 Å². The van der Waals surface area contributed by atoms with E-state index in [9.17, 15) is 5.11 Å². The van der Waals surface area contributed by atoms with Gasteiger partial charge in [-0.3, -0.25) is 0 Å². The molecule has 0 saturated heterocycles. The number of aliphatic hydroxyl groups excluding tert-OH is 1. The van der Waals surface area contributed by atoms with E-state index in [4.69, 9.17) is 5.73 Å². The first-order chi connectivity index (χ1) is 7.18. The fourth-order valence-electron chi connectivity index (χ4n) is 2.64. The average Bonchev–Trinajstić information content (AvgIpc) is 2.67. The van der Waals surface area contributed by atoms with Gasteiger partial charge in [-0.05, 0) is 54.5 Å². The summed E-state index contributed by atoms with van der Waals surface area (Å²) in [5, 5.41) is 14.0. The van der Waals surface area contributed by atoms with Crippen LogP contribution in [0.5, 0.6) is 0 Å². The van der Waals surface area contributed by atoms with Crippen LogP contribution in [0.4, 0.5) is 0 Å². The van der Waals surface area contributed by atoms with Gasteiger partial charge in [0.25, 0.3) is 0 Å². The number of aryl methyl sites for hydroxylation is 1. The molecule has 3 heteroatoms. The topological polar surface area (TPSA) is 46.2 Å². The van der Waals surface area contributed by atoms with E-state index in [2.05, 4.69) is 17.7 Å². The lowest BCUT2D eigenvalue weighted by Gasteiger charge is -2.38. The molecule has 1 fully saturated rings. The van der Waals surface area contributed by atoms with Crippen molar-refractivity contribution < 1.29 is 5.11 Å². The predicted molar refractivity (Wildman–Crippen MR) is 64.3 cm³/mol. The number of nitrogens with two attached hydrogens (primary N) is 1. The minimum atomic E-state index is -0.108. The van der Waals surface area contributed by atoms with Crippen molar-refractivity contribution in [3.8, 4) is 0 Å². The molecule has 1 aliphatic carbocycles. The minimum absolute atomic E-state index is 0.108. The number of hydrogen-bond donors (Lipinski definition) is 2. The molecule has 3 N–H and O–H groups in total. The molecule has 0 amide bonds. The Labute approximate surface area is 95.1 Å². The Morgan fingerprint density at radius 1 is 1.47 bits per heavy atom. The smallest absolute Gasteiger partial charge is 0.0541 e. The van der Waals surface area contributed by atoms with Crippen LogP contribution >= 0.6 is 11.3 Å². The molecule has 15 heavy (non-hydrogen) atoms. The van der Waals surface area contributed by atoms with Crippen molar-refractivity contribution >= 4 is 11.3 Å². The van der Waals surface area contributed by atoms with E-state index in [1.807, 2.05) is 0 Å². The van der Waals surface area contributed by atoms with Crippen molar-refractivity contribution in [2.45, 2.75) is 44.1 Å². The van der Waals surface area contributed by atoms with Crippen molar-refractivity contribution in [1.29, 1.82) is 0 Å². The molecule has 0 radical (unpaired) electrons. The van der Waals surface area contributed by atoms with E-state index in [1.165, 1.54) is 11.1 Å². The second-order valence-corrected chi connectivity index (χ2v) is 5.43. The zero-order chi connectivity index (χ0) is 10.9. The molecule has 1 aromatic heterocycles. The Kier molecular flexibility index (Phi) is 3.14. The van der Waals surface area contributed by atoms with Crippen molar-refractivity contribution in [2.24, 2.45) is 5.73 Å². The van der Waals surface area contributed by atoms with Crippen LogP contribution in [0, 0.1) is 6.92 Å². The second kappa shape index (κ2) is 4.24. The van der Waals surface area contributed by atoms with Crippen LogP contribution in [-0.4, -0.2) is 17.8 Å². The summed E-state index contributed by atoms with van der Waals surface area (Å²) in [6, 6.07) is 0. The maximum Gasteiger partial charge on any atom is 0.0541 e. The zero-order valence-corrected chi connectivity index (χ0v) is 10.0. The van der Waals surface area contributed by atoms with Crippen molar-refractivity contribution in [2.75, 3.05) is 6.54 Å². The Hall–Kier alpha value is -0.380. The van der Waals surface area contributed by atoms with E-state index in [-0.39, 0.29) is 11.5 Å². The molecule has 0 bridgehead atoms. The molecule has 0 atom stereocenters. The highest BCUT2D eigenvalue weighted by Crippen LogP contribution is 2.41. The molecule has 0 spiro atoms. The monoisotopic (exact) mass is 225 g/mol. The molecule has 2 nitrogen and oxygen atoms in total. The fraction of sp³-hybridized carbons (Fsp3) is 0.667. The molecule has 0 aliphatic heterocycles. The van der Waals surface area contributed by atoms with Crippen LogP contribution in [0.15, 0.2) is 10.8 Å². The third-order valence-corrected chi connectivity index (χ3v) is 4.59. The quantitative estimate of drug-likeness (QED) is 0.810. The van der Waals surface area contributed by atoms with Gasteiger partial charge in [-0.1, -0.05) is 0 Å². The summed E-state index contributed by atoms with van der Waals surface area (Å²) >= 11 is 1.76. The lowest BCUT2D eigenvalue weighted by molar-refractivity contribution is 0.0974. The molecule has 1 heterocycles. The van der Waals surface area contributed by atoms with Crippen LogP contribution in [0.3, 0.4) is 0 Å². The van der Waals surface area contributed by atoms with Gasteiger partial charge in [0.1, 0.15) is 0 Å². The summed E-state index contributed by atoms with van der Waals surface area (Å²) in [6.07, 6.45) is 3.74. The highest BCUT2D eigenvalue weighted by molar-refractivity contribution is 7.08. The molecule has 2 rings (SSSR count). The summed E-state index contributed by atoms with van der Waals surface area (Å²) in [6.45, 7) is 2.87. The normalized spacial score (nSPS) is 31.8. The van der Waals surface area contributed by atoms with Gasteiger partial charge in [0, 0.05) is 12.0 Å². The Bertz CT molecular complexity index is 326. The molecule has 0 aromatic carbocycles. The lowest BCUT2D eigenvalue weighted by Crippen LogP contribution is -2.40. The van der Waals surface area contributed by atoms with E-state index in [0.717, 1.165) is 25.7 Å². The van der Waals surface area contributed by atoms with E-state index >= 15 is 0 Å². The van der Waals surface area contributed by atoms with Crippen molar-refractivity contribution in [3.05, 3.63) is 21.9 Å². The highest BCUT2D eigenvalue weighted by atomic mass is 32.1. The Morgan fingerprint density at radius 3 is 2.60 bits per heavy atom. The number of rotatable bonds is 2. The maximum absolute atomic E-state index is 9.57. The van der Waals surface area contributed by atoms with Crippen molar-refractivity contribution in [3.63, 3.8) is 0 Å². The molecule has 1 aliphatic rings. The Balaban J connectivity index is 2.26. The van der Waals surface area contributed by atoms with Crippen LogP contribution in [0.1, 0.15) is 36.8 Å². The van der Waals surface area contributed by atoms with Crippen LogP contribution < -0.4 is 5.73 Å².